The van der Waals surface area contributed by atoms with Gasteiger partial charge in [-0.05, 0) is 191 Å². The Kier molecular flexibility index (Phi) is 10.7. The Morgan fingerprint density at radius 3 is 0.696 bits per heavy atom. The van der Waals surface area contributed by atoms with Gasteiger partial charge in [-0.1, -0.05) is 174 Å². The minimum absolute atomic E-state index is 0.00322. The summed E-state index contributed by atoms with van der Waals surface area (Å²) in [5, 5.41) is 0. The summed E-state index contributed by atoms with van der Waals surface area (Å²) in [6.45, 7) is 27.9. The van der Waals surface area contributed by atoms with E-state index in [2.05, 4.69) is 266 Å². The van der Waals surface area contributed by atoms with Crippen LogP contribution in [0.25, 0.3) is 0 Å². The summed E-state index contributed by atoms with van der Waals surface area (Å²) in [5.41, 5.74) is 36.1. The van der Waals surface area contributed by atoms with Crippen molar-refractivity contribution in [1.29, 1.82) is 0 Å². The molecule has 0 spiro atoms. The maximum Gasteiger partial charge on any atom is 0.252 e. The molecule has 6 aliphatic heterocycles. The fraction of sp³-hybridized carbons (Fsp3) is 0.250. The zero-order valence-corrected chi connectivity index (χ0v) is 48.1. The van der Waals surface area contributed by atoms with Crippen LogP contribution in [0, 0.1) is 0 Å². The predicted molar refractivity (Wildman–Crippen MR) is 344 cm³/mol. The highest BCUT2D eigenvalue weighted by Crippen LogP contribution is 2.51. The van der Waals surface area contributed by atoms with Crippen LogP contribution in [-0.2, 0) is 0 Å². The van der Waals surface area contributed by atoms with E-state index >= 15 is 0 Å². The Labute approximate surface area is 470 Å². The van der Waals surface area contributed by atoms with Crippen LogP contribution in [0.4, 0.5) is 68.2 Å². The summed E-state index contributed by atoms with van der Waals surface area (Å²) >= 11 is 0. The lowest BCUT2D eigenvalue weighted by molar-refractivity contribution is 0.866. The Balaban J connectivity index is 1.09. The van der Waals surface area contributed by atoms with Crippen molar-refractivity contribution in [3.8, 4) is 0 Å². The standard InChI is InChI=1S/C72H69B3N4/c1-40(2)46-13-22-52(23-14-46)76-61-31-19-49(43(7)8)37-58(61)73-56-29-35-65-68-71(56)79-70-55(28-34-64(76)67(70)73)74-59-38-50(44(9)10)20-32-62(59)77(53-24-15-47(16-25-53)41(3)4)66-36-30-57(72(79)69(66)74)75(68)60-39-51(45(11)12)21-33-63(60)78(65)54-26-17-48(18-27-54)42(5)6/h13-45H,1-12H3. The molecule has 0 aromatic heterocycles. The summed E-state index contributed by atoms with van der Waals surface area (Å²) in [6.07, 6.45) is 0. The van der Waals surface area contributed by atoms with Crippen molar-refractivity contribution in [2.45, 2.75) is 119 Å². The number of hydrogen-bond donors (Lipinski definition) is 0. The van der Waals surface area contributed by atoms with Crippen LogP contribution in [0.5, 0.6) is 0 Å². The Morgan fingerprint density at radius 1 is 0.228 bits per heavy atom. The molecule has 9 aromatic rings. The molecule has 0 amide bonds. The molecule has 0 aliphatic carbocycles. The van der Waals surface area contributed by atoms with Gasteiger partial charge in [-0.3, -0.25) is 0 Å². The first-order valence-electron chi connectivity index (χ1n) is 29.6. The van der Waals surface area contributed by atoms with E-state index in [-0.39, 0.29) is 20.1 Å². The average Bonchev–Trinajstić information content (AvgIpc) is 2.42. The molecule has 7 heteroatoms. The first-order chi connectivity index (χ1) is 38.2. The molecule has 0 unspecified atom stereocenters. The van der Waals surface area contributed by atoms with E-state index in [0.29, 0.717) is 35.5 Å². The van der Waals surface area contributed by atoms with Gasteiger partial charge in [0.1, 0.15) is 0 Å². The average molecular weight is 1020 g/mol. The summed E-state index contributed by atoms with van der Waals surface area (Å²) in [6, 6.07) is 65.8. The number of anilines is 12. The molecule has 0 N–H and O–H groups in total. The van der Waals surface area contributed by atoms with E-state index in [1.165, 1.54) is 151 Å². The maximum atomic E-state index is 2.84. The monoisotopic (exact) mass is 1020 g/mol. The molecule has 386 valence electrons. The highest BCUT2D eigenvalue weighted by molar-refractivity contribution is 7.08. The molecule has 0 saturated carbocycles. The Bertz CT molecular complexity index is 3610. The van der Waals surface area contributed by atoms with Crippen molar-refractivity contribution in [3.05, 3.63) is 197 Å². The molecule has 0 radical (unpaired) electrons. The van der Waals surface area contributed by atoms with E-state index in [9.17, 15) is 0 Å². The Morgan fingerprint density at radius 2 is 0.456 bits per heavy atom. The number of benzene rings is 9. The van der Waals surface area contributed by atoms with Gasteiger partial charge in [0.2, 0.25) is 0 Å². The van der Waals surface area contributed by atoms with Gasteiger partial charge in [-0.2, -0.15) is 0 Å². The fourth-order valence-corrected chi connectivity index (χ4v) is 14.8. The van der Waals surface area contributed by atoms with Crippen LogP contribution in [0.1, 0.15) is 152 Å². The third kappa shape index (κ3) is 6.77. The lowest BCUT2D eigenvalue weighted by Gasteiger charge is -2.54. The smallest absolute Gasteiger partial charge is 0.252 e. The van der Waals surface area contributed by atoms with Crippen molar-refractivity contribution in [2.75, 3.05) is 19.6 Å². The van der Waals surface area contributed by atoms with Gasteiger partial charge in [0.05, 0.1) is 0 Å². The van der Waals surface area contributed by atoms with Gasteiger partial charge >= 0.3 is 0 Å². The minimum atomic E-state index is -0.00322. The predicted octanol–water partition coefficient (Wildman–Crippen LogP) is 13.7. The summed E-state index contributed by atoms with van der Waals surface area (Å²) in [7, 11) is 0. The molecular formula is C72H69B3N4. The van der Waals surface area contributed by atoms with E-state index in [4.69, 9.17) is 0 Å². The van der Waals surface area contributed by atoms with Crippen molar-refractivity contribution in [1.82, 2.24) is 0 Å². The van der Waals surface area contributed by atoms with Crippen LogP contribution in [0.3, 0.4) is 0 Å². The molecular weight excluding hydrogens is 953 g/mol. The van der Waals surface area contributed by atoms with Crippen molar-refractivity contribution in [3.63, 3.8) is 0 Å². The van der Waals surface area contributed by atoms with Crippen LogP contribution < -0.4 is 68.8 Å². The van der Waals surface area contributed by atoms with E-state index in [0.717, 1.165) is 0 Å². The lowest BCUT2D eigenvalue weighted by Crippen LogP contribution is -2.74. The van der Waals surface area contributed by atoms with Gasteiger partial charge in [-0.25, -0.2) is 0 Å². The molecule has 15 rings (SSSR count). The van der Waals surface area contributed by atoms with Gasteiger partial charge in [0.15, 0.2) is 0 Å². The second-order valence-electron chi connectivity index (χ2n) is 25.6. The summed E-state index contributed by atoms with van der Waals surface area (Å²) in [5.74, 6) is 2.44. The molecule has 0 saturated heterocycles. The number of rotatable bonds is 9. The quantitative estimate of drug-likeness (QED) is 0.134. The van der Waals surface area contributed by atoms with Crippen LogP contribution in [0.2, 0.25) is 0 Å². The maximum absolute atomic E-state index is 2.84. The van der Waals surface area contributed by atoms with Gasteiger partial charge in [0.25, 0.3) is 20.1 Å². The highest BCUT2D eigenvalue weighted by atomic mass is 15.2. The zero-order valence-electron chi connectivity index (χ0n) is 48.1. The third-order valence-corrected chi connectivity index (χ3v) is 19.1. The molecule has 9 aromatic carbocycles. The Hall–Kier alpha value is -7.63. The van der Waals surface area contributed by atoms with Crippen LogP contribution in [0.15, 0.2) is 164 Å². The summed E-state index contributed by atoms with van der Waals surface area (Å²) in [4.78, 5) is 10.7. The topological polar surface area (TPSA) is 13.0 Å². The molecule has 6 aliphatic rings. The van der Waals surface area contributed by atoms with Crippen LogP contribution in [-0.4, -0.2) is 20.1 Å². The highest BCUT2D eigenvalue weighted by Gasteiger charge is 2.56. The molecule has 6 heterocycles. The van der Waals surface area contributed by atoms with Crippen LogP contribution >= 0.6 is 0 Å². The number of hydrogen-bond acceptors (Lipinski definition) is 4. The zero-order chi connectivity index (χ0) is 54.2. The first kappa shape index (κ1) is 48.5. The van der Waals surface area contributed by atoms with E-state index < -0.39 is 0 Å². The van der Waals surface area contributed by atoms with Crippen molar-refractivity contribution < 1.29 is 0 Å². The molecule has 79 heavy (non-hydrogen) atoms. The van der Waals surface area contributed by atoms with Gasteiger partial charge in [0, 0.05) is 68.2 Å². The molecule has 4 nitrogen and oxygen atoms in total. The fourth-order valence-electron chi connectivity index (χ4n) is 14.8. The molecule has 0 fully saturated rings. The molecule has 0 bridgehead atoms. The summed E-state index contributed by atoms with van der Waals surface area (Å²) < 4.78 is 0. The number of nitrogens with zero attached hydrogens (tertiary/aromatic N) is 4. The number of fused-ring (bicyclic) bond motifs is 9. The SMILES string of the molecule is CC(C)c1ccc(N2c3ccc(C(C)C)cc3B3c4ccc5c6c4N4c7c(ccc2c73)B2c3cc(C(C)C)ccc3N(c3ccc(C(C)C)cc3)c3ccc(c4c32)B6c2cc(C(C)C)ccc2N5c2ccc(C(C)C)cc2)cc1. The van der Waals surface area contributed by atoms with Crippen molar-refractivity contribution in [2.24, 2.45) is 0 Å². The van der Waals surface area contributed by atoms with Gasteiger partial charge < -0.3 is 19.6 Å². The third-order valence-electron chi connectivity index (χ3n) is 19.1. The normalized spacial score (nSPS) is 14.6. The second-order valence-corrected chi connectivity index (χ2v) is 25.6. The molecule has 0 atom stereocenters. The van der Waals surface area contributed by atoms with E-state index in [1.807, 2.05) is 0 Å². The lowest BCUT2D eigenvalue weighted by atomic mass is 9.25. The van der Waals surface area contributed by atoms with Gasteiger partial charge in [-0.15, -0.1) is 0 Å². The first-order valence-corrected chi connectivity index (χ1v) is 29.6. The largest absolute Gasteiger partial charge is 0.313 e. The van der Waals surface area contributed by atoms with Crippen molar-refractivity contribution >= 4 is 138 Å². The minimum Gasteiger partial charge on any atom is -0.313 e. The van der Waals surface area contributed by atoms with E-state index in [1.54, 1.807) is 0 Å². The second kappa shape index (κ2) is 17.4.